The highest BCUT2D eigenvalue weighted by molar-refractivity contribution is 7.99. The number of thiophene rings is 1. The summed E-state index contributed by atoms with van der Waals surface area (Å²) in [5, 5.41) is 22.9. The van der Waals surface area contributed by atoms with Crippen molar-refractivity contribution in [2.75, 3.05) is 29.1 Å². The van der Waals surface area contributed by atoms with Crippen molar-refractivity contribution in [3.05, 3.63) is 40.3 Å². The summed E-state index contributed by atoms with van der Waals surface area (Å²) >= 11 is 2.94. The van der Waals surface area contributed by atoms with Crippen molar-refractivity contribution in [3.63, 3.8) is 0 Å². The minimum atomic E-state index is -0.127. The van der Waals surface area contributed by atoms with E-state index in [-0.39, 0.29) is 11.7 Å². The molecule has 1 amide bonds. The van der Waals surface area contributed by atoms with Crippen LogP contribution in [0.5, 0.6) is 0 Å². The summed E-state index contributed by atoms with van der Waals surface area (Å²) in [6.07, 6.45) is 4.20. The van der Waals surface area contributed by atoms with E-state index in [1.165, 1.54) is 22.3 Å². The predicted octanol–water partition coefficient (Wildman–Crippen LogP) is 5.99. The highest BCUT2D eigenvalue weighted by atomic mass is 32.2. The minimum Gasteiger partial charge on any atom is -0.372 e. The maximum Gasteiger partial charge on any atom is 0.235 e. The van der Waals surface area contributed by atoms with Crippen molar-refractivity contribution in [3.8, 4) is 17.5 Å². The van der Waals surface area contributed by atoms with E-state index in [1.807, 2.05) is 4.57 Å². The zero-order chi connectivity index (χ0) is 25.7. The van der Waals surface area contributed by atoms with Crippen LogP contribution in [0.4, 0.5) is 10.7 Å². The van der Waals surface area contributed by atoms with Crippen LogP contribution in [0.1, 0.15) is 56.5 Å². The van der Waals surface area contributed by atoms with E-state index in [0.717, 1.165) is 55.7 Å². The quantitative estimate of drug-likeness (QED) is 0.329. The van der Waals surface area contributed by atoms with Gasteiger partial charge in [0.1, 0.15) is 11.1 Å². The molecule has 2 heterocycles. The molecule has 190 valence electrons. The highest BCUT2D eigenvalue weighted by Gasteiger charge is 2.26. The molecule has 9 heteroatoms. The lowest BCUT2D eigenvalue weighted by atomic mass is 9.86. The Morgan fingerprint density at radius 1 is 1.22 bits per heavy atom. The van der Waals surface area contributed by atoms with Gasteiger partial charge in [-0.15, -0.1) is 21.5 Å². The molecule has 1 unspecified atom stereocenters. The smallest absolute Gasteiger partial charge is 0.235 e. The van der Waals surface area contributed by atoms with Gasteiger partial charge in [-0.2, -0.15) is 5.26 Å². The minimum absolute atomic E-state index is 0.127. The second kappa shape index (κ2) is 11.9. The van der Waals surface area contributed by atoms with Gasteiger partial charge in [0.2, 0.25) is 5.91 Å². The lowest BCUT2D eigenvalue weighted by Crippen LogP contribution is -2.21. The van der Waals surface area contributed by atoms with Crippen molar-refractivity contribution >= 4 is 39.7 Å². The number of nitrogens with one attached hydrogen (secondary N) is 1. The first-order chi connectivity index (χ1) is 17.5. The molecule has 7 nitrogen and oxygen atoms in total. The number of fused-ring (bicyclic) bond motifs is 1. The molecule has 4 rings (SSSR count). The third-order valence-electron chi connectivity index (χ3n) is 6.93. The number of benzene rings is 1. The molecule has 3 aromatic rings. The van der Waals surface area contributed by atoms with Gasteiger partial charge >= 0.3 is 0 Å². The fourth-order valence-corrected chi connectivity index (χ4v) is 6.94. The summed E-state index contributed by atoms with van der Waals surface area (Å²) in [4.78, 5) is 16.4. The number of thioether (sulfide) groups is 1. The van der Waals surface area contributed by atoms with Gasteiger partial charge in [0.25, 0.3) is 0 Å². The van der Waals surface area contributed by atoms with E-state index >= 15 is 0 Å². The second-order valence-electron chi connectivity index (χ2n) is 8.94. The van der Waals surface area contributed by atoms with Gasteiger partial charge in [-0.05, 0) is 75.8 Å². The lowest BCUT2D eigenvalue weighted by Gasteiger charge is -2.21. The van der Waals surface area contributed by atoms with E-state index in [0.29, 0.717) is 28.2 Å². The van der Waals surface area contributed by atoms with E-state index in [2.05, 4.69) is 78.4 Å². The van der Waals surface area contributed by atoms with Crippen molar-refractivity contribution < 1.29 is 4.79 Å². The Hall–Kier alpha value is -2.83. The average molecular weight is 523 g/mol. The summed E-state index contributed by atoms with van der Waals surface area (Å²) < 4.78 is 2.04. The van der Waals surface area contributed by atoms with Gasteiger partial charge in [-0.3, -0.25) is 4.79 Å². The maximum absolute atomic E-state index is 12.8. The van der Waals surface area contributed by atoms with Crippen LogP contribution in [0.2, 0.25) is 0 Å². The number of nitriles is 1. The molecule has 0 saturated carbocycles. The van der Waals surface area contributed by atoms with Crippen LogP contribution in [0, 0.1) is 17.2 Å². The lowest BCUT2D eigenvalue weighted by molar-refractivity contribution is -0.113. The molecule has 0 aliphatic heterocycles. The van der Waals surface area contributed by atoms with Gasteiger partial charge in [-0.25, -0.2) is 0 Å². The standard InChI is InChI=1S/C27H34N6OS2/c1-5-18-9-14-21-22(16-28)26(36-23(21)15-18)29-24(34)17-35-27-31-30-25(33(27)8-4)19-10-12-20(13-11-19)32(6-2)7-3/h10-13,18H,5-9,14-15,17H2,1-4H3,(H,29,34). The first-order valence-corrected chi connectivity index (χ1v) is 14.6. The zero-order valence-electron chi connectivity index (χ0n) is 21.5. The number of amides is 1. The molecule has 0 fully saturated rings. The number of nitrogens with zero attached hydrogens (tertiary/aromatic N) is 5. The molecule has 1 aromatic carbocycles. The average Bonchev–Trinajstić information content (AvgIpc) is 3.48. The fraction of sp³-hybridized carbons (Fsp3) is 0.481. The topological polar surface area (TPSA) is 86.8 Å². The summed E-state index contributed by atoms with van der Waals surface area (Å²) in [7, 11) is 0. The summed E-state index contributed by atoms with van der Waals surface area (Å²) in [6.45, 7) is 11.2. The number of carbonyl (C=O) groups is 1. The number of hydrogen-bond donors (Lipinski definition) is 1. The van der Waals surface area contributed by atoms with E-state index in [4.69, 9.17) is 0 Å². The fourth-order valence-electron chi connectivity index (χ4n) is 4.81. The van der Waals surface area contributed by atoms with E-state index in [9.17, 15) is 10.1 Å². The van der Waals surface area contributed by atoms with Gasteiger partial charge in [0.05, 0.1) is 11.3 Å². The van der Waals surface area contributed by atoms with Crippen LogP contribution in [-0.2, 0) is 24.2 Å². The number of aromatic nitrogens is 3. The summed E-state index contributed by atoms with van der Waals surface area (Å²) in [5.74, 6) is 1.56. The molecular weight excluding hydrogens is 488 g/mol. The van der Waals surface area contributed by atoms with Crippen molar-refractivity contribution in [2.45, 2.75) is 65.1 Å². The number of hydrogen-bond acceptors (Lipinski definition) is 7. The normalized spacial score (nSPS) is 14.8. The monoisotopic (exact) mass is 522 g/mol. The Balaban J connectivity index is 1.43. The van der Waals surface area contributed by atoms with Gasteiger partial charge in [-0.1, -0.05) is 25.1 Å². The molecule has 2 aromatic heterocycles. The Kier molecular flexibility index (Phi) is 8.70. The summed E-state index contributed by atoms with van der Waals surface area (Å²) in [5.41, 5.74) is 3.98. The first-order valence-electron chi connectivity index (χ1n) is 12.8. The Labute approximate surface area is 221 Å². The van der Waals surface area contributed by atoms with Crippen LogP contribution in [0.3, 0.4) is 0 Å². The van der Waals surface area contributed by atoms with Gasteiger partial charge in [0, 0.05) is 35.8 Å². The number of carbonyl (C=O) groups excluding carboxylic acids is 1. The molecule has 0 saturated heterocycles. The molecule has 1 aliphatic carbocycles. The molecule has 1 aliphatic rings. The van der Waals surface area contributed by atoms with Gasteiger partial charge in [0.15, 0.2) is 11.0 Å². The number of rotatable bonds is 10. The molecule has 0 radical (unpaired) electrons. The molecule has 1 atom stereocenters. The zero-order valence-corrected chi connectivity index (χ0v) is 23.1. The van der Waals surface area contributed by atoms with Crippen LogP contribution < -0.4 is 10.2 Å². The van der Waals surface area contributed by atoms with Crippen LogP contribution in [0.25, 0.3) is 11.4 Å². The van der Waals surface area contributed by atoms with Crippen molar-refractivity contribution in [2.24, 2.45) is 5.92 Å². The Morgan fingerprint density at radius 3 is 2.61 bits per heavy atom. The Bertz CT molecular complexity index is 1240. The maximum atomic E-state index is 12.8. The van der Waals surface area contributed by atoms with Crippen LogP contribution in [-0.4, -0.2) is 39.5 Å². The molecule has 0 spiro atoms. The Morgan fingerprint density at radius 2 is 1.97 bits per heavy atom. The summed E-state index contributed by atoms with van der Waals surface area (Å²) in [6, 6.07) is 10.7. The molecule has 1 N–H and O–H groups in total. The van der Waals surface area contributed by atoms with E-state index in [1.54, 1.807) is 11.3 Å². The third-order valence-corrected chi connectivity index (χ3v) is 9.07. The van der Waals surface area contributed by atoms with Gasteiger partial charge < -0.3 is 14.8 Å². The van der Waals surface area contributed by atoms with Crippen LogP contribution >= 0.6 is 23.1 Å². The largest absolute Gasteiger partial charge is 0.372 e. The molecular formula is C27H34N6OS2. The predicted molar refractivity (Wildman–Crippen MR) is 149 cm³/mol. The van der Waals surface area contributed by atoms with Crippen molar-refractivity contribution in [1.29, 1.82) is 5.26 Å². The molecule has 0 bridgehead atoms. The number of anilines is 2. The first kappa shape index (κ1) is 26.2. The third kappa shape index (κ3) is 5.45. The highest BCUT2D eigenvalue weighted by Crippen LogP contribution is 2.40. The molecule has 36 heavy (non-hydrogen) atoms. The van der Waals surface area contributed by atoms with Crippen LogP contribution in [0.15, 0.2) is 29.4 Å². The second-order valence-corrected chi connectivity index (χ2v) is 11.0. The SMILES string of the molecule is CCC1CCc2c(sc(NC(=O)CSc3nnc(-c4ccc(N(CC)CC)cc4)n3CC)c2C#N)C1. The van der Waals surface area contributed by atoms with Crippen molar-refractivity contribution in [1.82, 2.24) is 14.8 Å². The van der Waals surface area contributed by atoms with E-state index < -0.39 is 0 Å².